The van der Waals surface area contributed by atoms with Gasteiger partial charge in [0.1, 0.15) is 34.0 Å². The molecule has 0 radical (unpaired) electrons. The van der Waals surface area contributed by atoms with Crippen LogP contribution < -0.4 is 5.32 Å². The van der Waals surface area contributed by atoms with Gasteiger partial charge in [-0.05, 0) is 64.8 Å². The molecule has 0 aliphatic carbocycles. The summed E-state index contributed by atoms with van der Waals surface area (Å²) in [4.78, 5) is 48.8. The number of Topliss-reactive ketones (excluding diaryl/α,β-unsaturated/α-hetero) is 3. The van der Waals surface area contributed by atoms with E-state index in [1.807, 2.05) is 20.8 Å². The van der Waals surface area contributed by atoms with E-state index < -0.39 is 0 Å². The van der Waals surface area contributed by atoms with E-state index in [2.05, 4.69) is 36.1 Å². The van der Waals surface area contributed by atoms with Crippen molar-refractivity contribution in [3.8, 4) is 0 Å². The number of carbonyl (C=O) groups excluding carboxylic acids is 4. The van der Waals surface area contributed by atoms with Crippen molar-refractivity contribution in [1.29, 1.82) is 0 Å². The lowest BCUT2D eigenvalue weighted by Gasteiger charge is -2.02. The van der Waals surface area contributed by atoms with Crippen LogP contribution in [0.4, 0.5) is 4.39 Å². The number of ketones is 3. The highest BCUT2D eigenvalue weighted by Gasteiger charge is 2.10. The smallest absolute Gasteiger partial charge is 0.268 e. The average Bonchev–Trinajstić information content (AvgIpc) is 3.33. The summed E-state index contributed by atoms with van der Waals surface area (Å²) in [5, 5.41) is 3.67. The number of halogens is 2. The van der Waals surface area contributed by atoms with Crippen LogP contribution in [-0.2, 0) is 14.4 Å². The van der Waals surface area contributed by atoms with Crippen molar-refractivity contribution < 1.29 is 23.6 Å². The van der Waals surface area contributed by atoms with Crippen molar-refractivity contribution in [1.82, 2.24) is 15.3 Å². The Morgan fingerprint density at radius 1 is 0.976 bits per heavy atom. The van der Waals surface area contributed by atoms with Crippen LogP contribution in [0.5, 0.6) is 0 Å². The number of hydrogen-bond acceptors (Lipinski definition) is 5. The number of aryl methyl sites for hydroxylation is 1. The maximum absolute atomic E-state index is 12.1. The predicted octanol–water partition coefficient (Wildman–Crippen LogP) is 8.33. The predicted molar refractivity (Wildman–Crippen MR) is 171 cm³/mol. The number of nitrogens with zero attached hydrogens (tertiary/aromatic N) is 1. The largest absolute Gasteiger partial charge is 0.349 e. The van der Waals surface area contributed by atoms with Crippen molar-refractivity contribution in [3.63, 3.8) is 0 Å². The number of benzene rings is 1. The number of hydrogen-bond donors (Lipinski definition) is 2. The van der Waals surface area contributed by atoms with Crippen LogP contribution in [0.25, 0.3) is 10.9 Å². The quantitative estimate of drug-likeness (QED) is 0.263. The highest BCUT2D eigenvalue weighted by atomic mass is 35.5. The molecule has 1 atom stereocenters. The van der Waals surface area contributed by atoms with E-state index >= 15 is 0 Å². The minimum Gasteiger partial charge on any atom is -0.349 e. The van der Waals surface area contributed by atoms with Crippen LogP contribution in [0.1, 0.15) is 97.6 Å². The highest BCUT2D eigenvalue weighted by Crippen LogP contribution is 2.17. The van der Waals surface area contributed by atoms with E-state index in [4.69, 9.17) is 11.6 Å². The third-order valence-corrected chi connectivity index (χ3v) is 5.72. The second-order valence-electron chi connectivity index (χ2n) is 10.4. The molecule has 9 heteroatoms. The Morgan fingerprint density at radius 3 is 1.88 bits per heavy atom. The molecule has 0 bridgehead atoms. The number of aromatic nitrogens is 2. The Kier molecular flexibility index (Phi) is 22.5. The maximum atomic E-state index is 12.1. The van der Waals surface area contributed by atoms with E-state index in [1.165, 1.54) is 52.2 Å². The number of nitrogens with one attached hydrogen (secondary N) is 2. The molecule has 0 spiro atoms. The van der Waals surface area contributed by atoms with Crippen LogP contribution >= 0.6 is 11.6 Å². The summed E-state index contributed by atoms with van der Waals surface area (Å²) in [5.41, 5.74) is 2.19. The summed E-state index contributed by atoms with van der Waals surface area (Å²) in [6.07, 6.45) is 5.64. The van der Waals surface area contributed by atoms with Gasteiger partial charge in [0.15, 0.2) is 0 Å². The van der Waals surface area contributed by atoms with Gasteiger partial charge in [-0.2, -0.15) is 0 Å². The van der Waals surface area contributed by atoms with Crippen molar-refractivity contribution in [2.24, 2.45) is 11.8 Å². The molecule has 1 aromatic carbocycles. The number of amides is 1. The van der Waals surface area contributed by atoms with Crippen molar-refractivity contribution >= 4 is 45.8 Å². The van der Waals surface area contributed by atoms with E-state index in [0.29, 0.717) is 10.8 Å². The fourth-order valence-corrected chi connectivity index (χ4v) is 2.82. The van der Waals surface area contributed by atoms with Gasteiger partial charge in [-0.3, -0.25) is 14.4 Å². The van der Waals surface area contributed by atoms with Gasteiger partial charge in [-0.15, -0.1) is 0 Å². The highest BCUT2D eigenvalue weighted by molar-refractivity contribution is 6.30. The Bertz CT molecular complexity index is 1200. The molecule has 2 N–H and O–H groups in total. The van der Waals surface area contributed by atoms with Crippen molar-refractivity contribution in [3.05, 3.63) is 64.8 Å². The zero-order valence-corrected chi connectivity index (χ0v) is 27.6. The summed E-state index contributed by atoms with van der Waals surface area (Å²) in [7, 11) is 0. The van der Waals surface area contributed by atoms with Crippen LogP contribution in [0.2, 0.25) is 5.15 Å². The Morgan fingerprint density at radius 2 is 1.50 bits per heavy atom. The van der Waals surface area contributed by atoms with E-state index in [-0.39, 0.29) is 41.5 Å². The van der Waals surface area contributed by atoms with E-state index in [9.17, 15) is 23.6 Å². The molecular weight excluding hydrogens is 557 g/mol. The van der Waals surface area contributed by atoms with Gasteiger partial charge in [0.2, 0.25) is 0 Å². The summed E-state index contributed by atoms with van der Waals surface area (Å²) in [6.45, 7) is 18.6. The van der Waals surface area contributed by atoms with Crippen LogP contribution in [0.15, 0.2) is 42.6 Å². The Labute approximate surface area is 256 Å². The molecule has 0 saturated heterocycles. The first kappa shape index (κ1) is 40.7. The number of pyridine rings is 1. The topological polar surface area (TPSA) is 109 Å². The standard InChI is InChI=1S/C11H10ClN3O2.C7H7F.C7H16.C5H10O.C3H6O/c1-6(16)4-14-11(17)8-2-7-3-10(12)13-5-9(7)15-8;1-6-2-4-7(8)5-3-6;1-4-6-7(3)5-2;1-4(2)5(3)6;1-3(2)4/h2-3,5,15H,4H2,1H3,(H,14,17);2-5H,1H3;7H,4-6H2,1-3H3;4H,1-3H3;1-2H3. The molecular formula is C33H49ClFN3O4. The molecule has 0 aliphatic heterocycles. The van der Waals surface area contributed by atoms with Gasteiger partial charge >= 0.3 is 0 Å². The van der Waals surface area contributed by atoms with Gasteiger partial charge in [-0.1, -0.05) is 83.2 Å². The zero-order chi connectivity index (χ0) is 32.8. The molecule has 7 nitrogen and oxygen atoms in total. The fraction of sp³-hybridized carbons (Fsp3) is 0.485. The lowest BCUT2D eigenvalue weighted by molar-refractivity contribution is -0.120. The molecule has 1 unspecified atom stereocenters. The molecule has 1 amide bonds. The summed E-state index contributed by atoms with van der Waals surface area (Å²) >= 11 is 5.74. The van der Waals surface area contributed by atoms with Gasteiger partial charge in [0.25, 0.3) is 5.91 Å². The zero-order valence-electron chi connectivity index (χ0n) is 26.9. The van der Waals surface area contributed by atoms with E-state index in [0.717, 1.165) is 22.4 Å². The van der Waals surface area contributed by atoms with E-state index in [1.54, 1.807) is 37.4 Å². The minimum absolute atomic E-state index is 0.0210. The van der Waals surface area contributed by atoms with Crippen molar-refractivity contribution in [2.75, 3.05) is 6.54 Å². The van der Waals surface area contributed by atoms with Gasteiger partial charge in [0, 0.05) is 11.3 Å². The second kappa shape index (κ2) is 23.2. The lowest BCUT2D eigenvalue weighted by atomic mass is 10.0. The molecule has 42 heavy (non-hydrogen) atoms. The number of rotatable bonds is 7. The monoisotopic (exact) mass is 605 g/mol. The summed E-state index contributed by atoms with van der Waals surface area (Å²) in [6, 6.07) is 9.73. The molecule has 234 valence electrons. The second-order valence-corrected chi connectivity index (χ2v) is 10.8. The molecule has 0 saturated carbocycles. The van der Waals surface area contributed by atoms with Crippen LogP contribution in [-0.4, -0.2) is 39.8 Å². The molecule has 3 aromatic rings. The maximum Gasteiger partial charge on any atom is 0.268 e. The molecule has 3 rings (SSSR count). The number of carbonyl (C=O) groups is 4. The van der Waals surface area contributed by atoms with Crippen LogP contribution in [0.3, 0.4) is 0 Å². The molecule has 2 aromatic heterocycles. The number of fused-ring (bicyclic) bond motifs is 1. The summed E-state index contributed by atoms with van der Waals surface area (Å²) in [5.74, 6) is 0.993. The minimum atomic E-state index is -0.326. The summed E-state index contributed by atoms with van der Waals surface area (Å²) < 4.78 is 12.1. The van der Waals surface area contributed by atoms with Gasteiger partial charge in [-0.25, -0.2) is 9.37 Å². The van der Waals surface area contributed by atoms with Crippen molar-refractivity contribution in [2.45, 2.75) is 88.5 Å². The molecule has 0 fully saturated rings. The first-order chi connectivity index (χ1) is 19.5. The first-order valence-electron chi connectivity index (χ1n) is 14.1. The lowest BCUT2D eigenvalue weighted by Crippen LogP contribution is -2.28. The number of aromatic amines is 1. The molecule has 0 aliphatic rings. The normalized spacial score (nSPS) is 10.3. The third kappa shape index (κ3) is 22.3. The Balaban J connectivity index is 0. The third-order valence-electron chi connectivity index (χ3n) is 5.52. The van der Waals surface area contributed by atoms with Gasteiger partial charge < -0.3 is 15.1 Å². The first-order valence-corrected chi connectivity index (χ1v) is 14.5. The SMILES string of the molecule is CC(=O)C(C)C.CC(=O)CNC(=O)c1cc2cc(Cl)ncc2[nH]1.CC(C)=O.CCCC(C)CC.Cc1ccc(F)cc1. The van der Waals surface area contributed by atoms with Crippen LogP contribution in [0, 0.1) is 24.6 Å². The molecule has 2 heterocycles. The fourth-order valence-electron chi connectivity index (χ4n) is 2.66. The number of H-pyrrole nitrogens is 1. The Hall–Kier alpha value is -3.39. The van der Waals surface area contributed by atoms with Gasteiger partial charge in [0.05, 0.1) is 18.3 Å². The average molecular weight is 606 g/mol.